The molecule has 0 saturated carbocycles. The molecule has 0 aliphatic heterocycles. The Labute approximate surface area is 112 Å². The van der Waals surface area contributed by atoms with Gasteiger partial charge in [-0.25, -0.2) is 4.39 Å². The Kier molecular flexibility index (Phi) is 4.29. The Hall–Kier alpha value is -2.16. The molecule has 0 aliphatic rings. The van der Waals surface area contributed by atoms with E-state index in [2.05, 4.69) is 12.2 Å². The van der Waals surface area contributed by atoms with E-state index in [1.807, 2.05) is 24.3 Å². The molecule has 0 fully saturated rings. The second-order valence-corrected chi connectivity index (χ2v) is 4.28. The van der Waals surface area contributed by atoms with Crippen LogP contribution in [-0.2, 0) is 13.0 Å². The average Bonchev–Trinajstić information content (AvgIpc) is 2.45. The molecule has 0 unspecified atom stereocenters. The molecule has 0 bridgehead atoms. The fourth-order valence-corrected chi connectivity index (χ4v) is 1.99. The average molecular weight is 257 g/mol. The Bertz CT molecular complexity index is 580. The standard InChI is InChI=1S/C16H16FNO/c1-2-12-7-3-4-8-13(12)11-18-16(19)14-9-5-6-10-15(14)17/h3-10H,2,11H2,1H3,(H,18,19). The third-order valence-corrected chi connectivity index (χ3v) is 3.06. The summed E-state index contributed by atoms with van der Waals surface area (Å²) in [7, 11) is 0. The summed E-state index contributed by atoms with van der Waals surface area (Å²) in [6, 6.07) is 13.9. The van der Waals surface area contributed by atoms with Gasteiger partial charge in [-0.3, -0.25) is 4.79 Å². The molecule has 0 saturated heterocycles. The molecule has 2 rings (SSSR count). The van der Waals surface area contributed by atoms with E-state index in [4.69, 9.17) is 0 Å². The van der Waals surface area contributed by atoms with E-state index in [1.165, 1.54) is 17.7 Å². The van der Waals surface area contributed by atoms with Crippen LogP contribution >= 0.6 is 0 Å². The normalized spacial score (nSPS) is 10.2. The second-order valence-electron chi connectivity index (χ2n) is 4.28. The lowest BCUT2D eigenvalue weighted by molar-refractivity contribution is 0.0947. The van der Waals surface area contributed by atoms with Gasteiger partial charge in [0.15, 0.2) is 0 Å². The Morgan fingerprint density at radius 2 is 1.68 bits per heavy atom. The Morgan fingerprint density at radius 3 is 2.37 bits per heavy atom. The first-order chi connectivity index (χ1) is 9.22. The number of rotatable bonds is 4. The van der Waals surface area contributed by atoms with Crippen molar-refractivity contribution in [2.24, 2.45) is 0 Å². The van der Waals surface area contributed by atoms with Crippen molar-refractivity contribution in [2.75, 3.05) is 0 Å². The third kappa shape index (κ3) is 3.19. The van der Waals surface area contributed by atoms with Crippen LogP contribution in [0.1, 0.15) is 28.4 Å². The summed E-state index contributed by atoms with van der Waals surface area (Å²) in [6.07, 6.45) is 0.908. The van der Waals surface area contributed by atoms with E-state index in [0.29, 0.717) is 6.54 Å². The van der Waals surface area contributed by atoms with Gasteiger partial charge in [-0.15, -0.1) is 0 Å². The van der Waals surface area contributed by atoms with Gasteiger partial charge in [-0.05, 0) is 29.7 Å². The minimum Gasteiger partial charge on any atom is -0.348 e. The van der Waals surface area contributed by atoms with Gasteiger partial charge >= 0.3 is 0 Å². The number of benzene rings is 2. The van der Waals surface area contributed by atoms with E-state index < -0.39 is 5.82 Å². The smallest absolute Gasteiger partial charge is 0.254 e. The molecule has 2 aromatic rings. The second kappa shape index (κ2) is 6.14. The van der Waals surface area contributed by atoms with Crippen LogP contribution in [0.25, 0.3) is 0 Å². The third-order valence-electron chi connectivity index (χ3n) is 3.06. The number of amides is 1. The lowest BCUT2D eigenvalue weighted by Gasteiger charge is -2.09. The molecule has 0 spiro atoms. The van der Waals surface area contributed by atoms with Crippen LogP contribution in [0.2, 0.25) is 0 Å². The number of hydrogen-bond acceptors (Lipinski definition) is 1. The van der Waals surface area contributed by atoms with Gasteiger partial charge in [0, 0.05) is 6.54 Å². The number of carbonyl (C=O) groups is 1. The summed E-state index contributed by atoms with van der Waals surface area (Å²) in [5.41, 5.74) is 2.34. The first-order valence-corrected chi connectivity index (χ1v) is 6.32. The molecule has 3 heteroatoms. The minimum atomic E-state index is -0.497. The zero-order valence-electron chi connectivity index (χ0n) is 10.8. The molecule has 2 aromatic carbocycles. The highest BCUT2D eigenvalue weighted by atomic mass is 19.1. The van der Waals surface area contributed by atoms with Gasteiger partial charge in [-0.1, -0.05) is 43.3 Å². The molecule has 98 valence electrons. The number of nitrogens with one attached hydrogen (secondary N) is 1. The summed E-state index contributed by atoms with van der Waals surface area (Å²) in [5.74, 6) is -0.882. The maximum absolute atomic E-state index is 13.5. The van der Waals surface area contributed by atoms with Gasteiger partial charge in [-0.2, -0.15) is 0 Å². The first kappa shape index (κ1) is 13.3. The van der Waals surface area contributed by atoms with Gasteiger partial charge < -0.3 is 5.32 Å². The Balaban J connectivity index is 2.07. The van der Waals surface area contributed by atoms with Crippen molar-refractivity contribution >= 4 is 5.91 Å². The van der Waals surface area contributed by atoms with Crippen LogP contribution in [0, 0.1) is 5.82 Å². The summed E-state index contributed by atoms with van der Waals surface area (Å²) in [4.78, 5) is 11.9. The van der Waals surface area contributed by atoms with Gasteiger partial charge in [0.2, 0.25) is 0 Å². The zero-order valence-corrected chi connectivity index (χ0v) is 10.8. The fraction of sp³-hybridized carbons (Fsp3) is 0.188. The number of hydrogen-bond donors (Lipinski definition) is 1. The molecule has 0 aliphatic carbocycles. The molecule has 0 aromatic heterocycles. The Morgan fingerprint density at radius 1 is 1.05 bits per heavy atom. The highest BCUT2D eigenvalue weighted by molar-refractivity contribution is 5.94. The molecule has 19 heavy (non-hydrogen) atoms. The minimum absolute atomic E-state index is 0.0801. The largest absolute Gasteiger partial charge is 0.348 e. The van der Waals surface area contributed by atoms with Gasteiger partial charge in [0.1, 0.15) is 5.82 Å². The van der Waals surface area contributed by atoms with Crippen LogP contribution in [0.5, 0.6) is 0 Å². The van der Waals surface area contributed by atoms with Crippen molar-refractivity contribution in [2.45, 2.75) is 19.9 Å². The van der Waals surface area contributed by atoms with Crippen molar-refractivity contribution < 1.29 is 9.18 Å². The van der Waals surface area contributed by atoms with Crippen molar-refractivity contribution in [3.8, 4) is 0 Å². The predicted octanol–water partition coefficient (Wildman–Crippen LogP) is 3.32. The molecule has 0 heterocycles. The van der Waals surface area contributed by atoms with Crippen LogP contribution < -0.4 is 5.32 Å². The van der Waals surface area contributed by atoms with Crippen molar-refractivity contribution in [1.29, 1.82) is 0 Å². The molecular weight excluding hydrogens is 241 g/mol. The molecule has 1 N–H and O–H groups in total. The number of halogens is 1. The van der Waals surface area contributed by atoms with E-state index in [0.717, 1.165) is 12.0 Å². The maximum atomic E-state index is 13.5. The molecule has 1 amide bonds. The molecule has 0 atom stereocenters. The predicted molar refractivity (Wildman–Crippen MR) is 73.4 cm³/mol. The number of aryl methyl sites for hydroxylation is 1. The van der Waals surface area contributed by atoms with Crippen molar-refractivity contribution in [3.05, 3.63) is 71.0 Å². The summed E-state index contributed by atoms with van der Waals surface area (Å²) >= 11 is 0. The SMILES string of the molecule is CCc1ccccc1CNC(=O)c1ccccc1F. The molecule has 0 radical (unpaired) electrons. The van der Waals surface area contributed by atoms with Crippen LogP contribution in [0.3, 0.4) is 0 Å². The lowest BCUT2D eigenvalue weighted by Crippen LogP contribution is -2.24. The van der Waals surface area contributed by atoms with E-state index in [-0.39, 0.29) is 11.5 Å². The topological polar surface area (TPSA) is 29.1 Å². The van der Waals surface area contributed by atoms with Crippen LogP contribution in [-0.4, -0.2) is 5.91 Å². The fourth-order valence-electron chi connectivity index (χ4n) is 1.99. The highest BCUT2D eigenvalue weighted by Gasteiger charge is 2.10. The summed E-state index contributed by atoms with van der Waals surface area (Å²) < 4.78 is 13.5. The van der Waals surface area contributed by atoms with E-state index in [1.54, 1.807) is 12.1 Å². The van der Waals surface area contributed by atoms with Gasteiger partial charge in [0.25, 0.3) is 5.91 Å². The quantitative estimate of drug-likeness (QED) is 0.894. The monoisotopic (exact) mass is 257 g/mol. The van der Waals surface area contributed by atoms with E-state index in [9.17, 15) is 9.18 Å². The highest BCUT2D eigenvalue weighted by Crippen LogP contribution is 2.10. The molecular formula is C16H16FNO. The van der Waals surface area contributed by atoms with Crippen LogP contribution in [0.4, 0.5) is 4.39 Å². The maximum Gasteiger partial charge on any atom is 0.254 e. The van der Waals surface area contributed by atoms with Gasteiger partial charge in [0.05, 0.1) is 5.56 Å². The summed E-state index contributed by atoms with van der Waals surface area (Å²) in [6.45, 7) is 2.48. The molecule has 2 nitrogen and oxygen atoms in total. The van der Waals surface area contributed by atoms with E-state index >= 15 is 0 Å². The lowest BCUT2D eigenvalue weighted by atomic mass is 10.1. The number of carbonyl (C=O) groups excluding carboxylic acids is 1. The zero-order chi connectivity index (χ0) is 13.7. The first-order valence-electron chi connectivity index (χ1n) is 6.32. The van der Waals surface area contributed by atoms with Crippen molar-refractivity contribution in [1.82, 2.24) is 5.32 Å². The van der Waals surface area contributed by atoms with Crippen molar-refractivity contribution in [3.63, 3.8) is 0 Å². The summed E-state index contributed by atoms with van der Waals surface area (Å²) in [5, 5.41) is 2.75. The van der Waals surface area contributed by atoms with Crippen LogP contribution in [0.15, 0.2) is 48.5 Å².